The van der Waals surface area contributed by atoms with Crippen LogP contribution in [0.15, 0.2) is 12.7 Å². The molecule has 5 aliphatic rings. The van der Waals surface area contributed by atoms with E-state index in [9.17, 15) is 32.4 Å². The third-order valence-corrected chi connectivity index (χ3v) is 14.8. The Morgan fingerprint density at radius 2 is 1.62 bits per heavy atom. The molecule has 0 radical (unpaired) electrons. The van der Waals surface area contributed by atoms with Gasteiger partial charge in [-0.2, -0.15) is 0 Å². The van der Waals surface area contributed by atoms with Gasteiger partial charge >= 0.3 is 6.03 Å². The van der Waals surface area contributed by atoms with E-state index in [1.807, 2.05) is 20.8 Å². The molecule has 2 aliphatic heterocycles. The summed E-state index contributed by atoms with van der Waals surface area (Å²) in [7, 11) is -3.39. The van der Waals surface area contributed by atoms with Gasteiger partial charge in [0.15, 0.2) is 9.84 Å². The van der Waals surface area contributed by atoms with Gasteiger partial charge in [-0.1, -0.05) is 79.2 Å². The van der Waals surface area contributed by atoms with Crippen LogP contribution in [0.4, 0.5) is 4.79 Å². The van der Waals surface area contributed by atoms with Crippen LogP contribution >= 0.6 is 0 Å². The van der Waals surface area contributed by atoms with Crippen LogP contribution in [0.25, 0.3) is 0 Å². The molecule has 2 saturated heterocycles. The molecule has 5 fully saturated rings. The van der Waals surface area contributed by atoms with Crippen molar-refractivity contribution in [3.05, 3.63) is 12.7 Å². The van der Waals surface area contributed by atoms with E-state index in [2.05, 4.69) is 41.7 Å². The van der Waals surface area contributed by atoms with Crippen molar-refractivity contribution in [3.8, 4) is 0 Å². The van der Waals surface area contributed by atoms with Gasteiger partial charge in [-0.15, -0.1) is 6.58 Å². The predicted octanol–water partition coefficient (Wildman–Crippen LogP) is 3.40. The minimum atomic E-state index is -3.39. The summed E-state index contributed by atoms with van der Waals surface area (Å²) in [6, 6.07) is -2.50. The van der Waals surface area contributed by atoms with Crippen LogP contribution in [0.3, 0.4) is 0 Å². The second kappa shape index (κ2) is 13.9. The predicted molar refractivity (Wildman–Crippen MR) is 191 cm³/mol. The summed E-state index contributed by atoms with van der Waals surface area (Å²) in [4.78, 5) is 70.6. The molecule has 3 saturated carbocycles. The lowest BCUT2D eigenvalue weighted by Gasteiger charge is -2.45. The standard InChI is InChI=1S/C37H59N5O7S/c1-8-19-38-31(45)29(43)36(7,21-23-15-16-23)40-30(44)27-26-24(35(26,5)6)22-42(27)32(46)28(34(2,3)4)39-33(47)41-37(17-11-9-12-18-37)25-14-10-13-20-50(25,48)49/h8,23-28H,1,9-22H2,2-7H3,(H,38,45)(H,40,44)(H2,39,41,47). The molecule has 0 bridgehead atoms. The number of piperidine rings is 1. The molecule has 6 atom stereocenters. The number of rotatable bonds is 12. The number of fused-ring (bicyclic) bond motifs is 1. The lowest BCUT2D eigenvalue weighted by Crippen LogP contribution is -2.66. The molecule has 6 unspecified atom stereocenters. The van der Waals surface area contributed by atoms with Gasteiger partial charge in [0.25, 0.3) is 5.91 Å². The van der Waals surface area contributed by atoms with E-state index < -0.39 is 73.2 Å². The second-order valence-electron chi connectivity index (χ2n) is 17.7. The number of hydrogen-bond donors (Lipinski definition) is 4. The SMILES string of the molecule is C=CCNC(=O)C(=O)C(C)(CC1CC1)NC(=O)C1C2C(CN1C(=O)C(NC(=O)NC1(C3CCCCS3(=O)=O)CCCCC1)C(C)(C)C)C2(C)C. The zero-order valence-electron chi connectivity index (χ0n) is 30.9. The fourth-order valence-electron chi connectivity index (χ4n) is 9.25. The van der Waals surface area contributed by atoms with E-state index in [4.69, 9.17) is 0 Å². The molecule has 12 nitrogen and oxygen atoms in total. The fraction of sp³-hybridized carbons (Fsp3) is 0.811. The number of ketones is 1. The molecule has 0 spiro atoms. The number of carbonyl (C=O) groups is 5. The Kier molecular flexibility index (Phi) is 10.6. The molecule has 5 amide bonds. The van der Waals surface area contributed by atoms with Crippen molar-refractivity contribution in [3.63, 3.8) is 0 Å². The first kappa shape index (κ1) is 38.3. The largest absolute Gasteiger partial charge is 0.346 e. The Morgan fingerprint density at radius 3 is 2.20 bits per heavy atom. The minimum absolute atomic E-state index is 0.0555. The van der Waals surface area contributed by atoms with Gasteiger partial charge in [0.2, 0.25) is 17.6 Å². The first-order chi connectivity index (χ1) is 23.3. The quantitative estimate of drug-likeness (QED) is 0.177. The average molecular weight is 718 g/mol. The van der Waals surface area contributed by atoms with E-state index in [0.29, 0.717) is 38.6 Å². The summed E-state index contributed by atoms with van der Waals surface area (Å²) in [5.74, 6) is -2.18. The lowest BCUT2D eigenvalue weighted by atomic mass is 9.77. The highest BCUT2D eigenvalue weighted by atomic mass is 32.2. The number of likely N-dealkylation sites (tertiary alicyclic amines) is 1. The Bertz CT molecular complexity index is 1490. The van der Waals surface area contributed by atoms with Gasteiger partial charge in [-0.05, 0) is 67.6 Å². The highest BCUT2D eigenvalue weighted by Crippen LogP contribution is 2.65. The average Bonchev–Trinajstić information content (AvgIpc) is 3.88. The zero-order chi connectivity index (χ0) is 36.9. The Labute approximate surface area is 298 Å². The van der Waals surface area contributed by atoms with Gasteiger partial charge < -0.3 is 26.2 Å². The summed E-state index contributed by atoms with van der Waals surface area (Å²) in [6.07, 6.45) is 9.28. The third-order valence-electron chi connectivity index (χ3n) is 12.4. The van der Waals surface area contributed by atoms with Crippen LogP contribution in [0.1, 0.15) is 112 Å². The Balaban J connectivity index is 1.37. The maximum atomic E-state index is 14.6. The Morgan fingerprint density at radius 1 is 0.960 bits per heavy atom. The van der Waals surface area contributed by atoms with Crippen LogP contribution in [0.2, 0.25) is 0 Å². The van der Waals surface area contributed by atoms with Crippen LogP contribution in [0, 0.1) is 28.6 Å². The van der Waals surface area contributed by atoms with Crippen molar-refractivity contribution >= 4 is 39.4 Å². The monoisotopic (exact) mass is 717 g/mol. The van der Waals surface area contributed by atoms with Crippen molar-refractivity contribution in [1.29, 1.82) is 0 Å². The summed E-state index contributed by atoms with van der Waals surface area (Å²) in [5, 5.41) is 10.9. The van der Waals surface area contributed by atoms with Crippen molar-refractivity contribution < 1.29 is 32.4 Å². The highest BCUT2D eigenvalue weighted by Gasteiger charge is 2.70. The smallest absolute Gasteiger partial charge is 0.315 e. The van der Waals surface area contributed by atoms with Crippen molar-refractivity contribution in [2.24, 2.45) is 28.6 Å². The minimum Gasteiger partial charge on any atom is -0.346 e. The number of hydrogen-bond acceptors (Lipinski definition) is 7. The van der Waals surface area contributed by atoms with Crippen LogP contribution in [-0.4, -0.2) is 90.1 Å². The number of nitrogens with zero attached hydrogens (tertiary/aromatic N) is 1. The normalized spacial score (nSPS) is 29.7. The molecule has 2 heterocycles. The number of urea groups is 1. The maximum absolute atomic E-state index is 14.6. The molecule has 13 heteroatoms. The second-order valence-corrected chi connectivity index (χ2v) is 20.0. The van der Waals surface area contributed by atoms with Crippen molar-refractivity contribution in [2.75, 3.05) is 18.8 Å². The van der Waals surface area contributed by atoms with Gasteiger partial charge in [0.05, 0.1) is 16.5 Å². The summed E-state index contributed by atoms with van der Waals surface area (Å²) in [6.45, 7) is 15.3. The van der Waals surface area contributed by atoms with E-state index in [-0.39, 0.29) is 35.5 Å². The van der Waals surface area contributed by atoms with Gasteiger partial charge in [0.1, 0.15) is 17.6 Å². The first-order valence-corrected chi connectivity index (χ1v) is 20.4. The molecule has 280 valence electrons. The fourth-order valence-corrected chi connectivity index (χ4v) is 11.6. The van der Waals surface area contributed by atoms with Crippen LogP contribution < -0.4 is 21.3 Å². The van der Waals surface area contributed by atoms with E-state index in [1.165, 1.54) is 6.08 Å². The van der Waals surface area contributed by atoms with Crippen LogP contribution in [0.5, 0.6) is 0 Å². The topological polar surface area (TPSA) is 171 Å². The summed E-state index contributed by atoms with van der Waals surface area (Å²) < 4.78 is 26.6. The molecule has 0 aromatic heterocycles. The summed E-state index contributed by atoms with van der Waals surface area (Å²) in [5.41, 5.74) is -3.32. The number of amides is 5. The maximum Gasteiger partial charge on any atom is 0.315 e. The van der Waals surface area contributed by atoms with Gasteiger partial charge in [-0.3, -0.25) is 19.2 Å². The number of nitrogens with one attached hydrogen (secondary N) is 4. The lowest BCUT2D eigenvalue weighted by molar-refractivity contribution is -0.147. The number of carbonyl (C=O) groups excluding carboxylic acids is 5. The zero-order valence-corrected chi connectivity index (χ0v) is 31.7. The van der Waals surface area contributed by atoms with E-state index >= 15 is 0 Å². The molecule has 0 aromatic rings. The number of Topliss-reactive ketones (excluding diaryl/α,β-unsaturated/α-hetero) is 1. The van der Waals surface area contributed by atoms with Crippen molar-refractivity contribution in [1.82, 2.24) is 26.2 Å². The molecule has 50 heavy (non-hydrogen) atoms. The molecule has 4 N–H and O–H groups in total. The molecule has 5 rings (SSSR count). The molecule has 3 aliphatic carbocycles. The van der Waals surface area contributed by atoms with Crippen LogP contribution in [-0.2, 0) is 29.0 Å². The Hall–Kier alpha value is -2.96. The van der Waals surface area contributed by atoms with E-state index in [1.54, 1.807) is 11.8 Å². The van der Waals surface area contributed by atoms with Crippen molar-refractivity contribution in [2.45, 2.75) is 141 Å². The molecular weight excluding hydrogens is 659 g/mol. The molecule has 0 aromatic carbocycles. The number of sulfone groups is 1. The first-order valence-electron chi connectivity index (χ1n) is 18.6. The summed E-state index contributed by atoms with van der Waals surface area (Å²) >= 11 is 0. The highest BCUT2D eigenvalue weighted by molar-refractivity contribution is 7.92. The van der Waals surface area contributed by atoms with E-state index in [0.717, 1.165) is 38.5 Å². The third kappa shape index (κ3) is 7.62. The van der Waals surface area contributed by atoms with Gasteiger partial charge in [-0.25, -0.2) is 13.2 Å². The van der Waals surface area contributed by atoms with Gasteiger partial charge in [0, 0.05) is 13.1 Å². The molecular formula is C37H59N5O7S.